The van der Waals surface area contributed by atoms with E-state index in [-0.39, 0.29) is 5.91 Å². The Morgan fingerprint density at radius 2 is 1.91 bits per heavy atom. The van der Waals surface area contributed by atoms with Crippen LogP contribution in [0.4, 0.5) is 0 Å². The van der Waals surface area contributed by atoms with E-state index >= 15 is 0 Å². The molecule has 2 aromatic heterocycles. The van der Waals surface area contributed by atoms with E-state index in [1.165, 1.54) is 10.9 Å². The number of rotatable bonds is 6. The minimum atomic E-state index is -0.613. The molecule has 0 saturated heterocycles. The van der Waals surface area contributed by atoms with Crippen LogP contribution >= 0.6 is 0 Å². The van der Waals surface area contributed by atoms with Gasteiger partial charge in [0.1, 0.15) is 0 Å². The number of nitrogens with one attached hydrogen (secondary N) is 2. The molecule has 0 radical (unpaired) electrons. The van der Waals surface area contributed by atoms with Crippen molar-refractivity contribution >= 4 is 16.8 Å². The number of pyridine rings is 1. The van der Waals surface area contributed by atoms with Gasteiger partial charge in [0.25, 0.3) is 0 Å². The van der Waals surface area contributed by atoms with Gasteiger partial charge < -0.3 is 16.0 Å². The maximum atomic E-state index is 13.2. The maximum absolute atomic E-state index is 13.2. The number of nitrogens with zero attached hydrogens (tertiary/aromatic N) is 1. The van der Waals surface area contributed by atoms with Crippen LogP contribution in [-0.2, 0) is 10.2 Å². The molecular weight excluding hydrogens is 408 g/mol. The van der Waals surface area contributed by atoms with E-state index in [9.17, 15) is 4.79 Å². The maximum Gasteiger partial charge on any atom is 0.230 e. The fraction of sp³-hybridized carbons (Fsp3) is 0.500. The summed E-state index contributed by atoms with van der Waals surface area (Å²) in [7, 11) is 0. The molecular formula is C28H38N4O. The number of amides is 1. The van der Waals surface area contributed by atoms with Crippen molar-refractivity contribution in [3.05, 3.63) is 53.3 Å². The molecule has 0 bridgehead atoms. The highest BCUT2D eigenvalue weighted by atomic mass is 16.2. The average Bonchev–Trinajstić information content (AvgIpc) is 3.17. The zero-order chi connectivity index (χ0) is 23.8. The summed E-state index contributed by atoms with van der Waals surface area (Å²) in [5.74, 6) is 0.964. The summed E-state index contributed by atoms with van der Waals surface area (Å²) in [5.41, 5.74) is 12.1. The molecule has 4 rings (SSSR count). The molecule has 0 aliphatic heterocycles. The molecule has 176 valence electrons. The third-order valence-corrected chi connectivity index (χ3v) is 7.33. The van der Waals surface area contributed by atoms with E-state index in [2.05, 4.69) is 59.5 Å². The summed E-state index contributed by atoms with van der Waals surface area (Å²) in [4.78, 5) is 21.2. The topological polar surface area (TPSA) is 83.8 Å². The summed E-state index contributed by atoms with van der Waals surface area (Å²) in [6.07, 6.45) is 6.19. The number of benzene rings is 1. The predicted octanol–water partition coefficient (Wildman–Crippen LogP) is 5.57. The Balaban J connectivity index is 1.62. The molecule has 1 aromatic carbocycles. The third-order valence-electron chi connectivity index (χ3n) is 7.33. The number of aryl methyl sites for hydroxylation is 1. The Morgan fingerprint density at radius 3 is 2.58 bits per heavy atom. The summed E-state index contributed by atoms with van der Waals surface area (Å²) in [6, 6.07) is 10.9. The normalized spacial score (nSPS) is 19.2. The van der Waals surface area contributed by atoms with E-state index in [0.29, 0.717) is 17.9 Å². The Bertz CT molecular complexity index is 1140. The number of aromatic amines is 1. The number of hydrogen-bond acceptors (Lipinski definition) is 3. The smallest absolute Gasteiger partial charge is 0.230 e. The number of fused-ring (bicyclic) bond motifs is 1. The second-order valence-electron chi connectivity index (χ2n) is 10.6. The van der Waals surface area contributed by atoms with E-state index < -0.39 is 5.41 Å². The molecule has 0 spiro atoms. The molecule has 0 atom stereocenters. The van der Waals surface area contributed by atoms with Crippen LogP contribution in [0.1, 0.15) is 76.1 Å². The highest BCUT2D eigenvalue weighted by Gasteiger charge is 2.31. The quantitative estimate of drug-likeness (QED) is 0.463. The SMILES string of the molecule is Cc1cc(-c2[nH]c3ccc(C(C)(C)C(=O)NC[C@H]4CC[C@H](N)CC4)cc3c2C(C)C)ccn1. The van der Waals surface area contributed by atoms with E-state index in [4.69, 9.17) is 5.73 Å². The van der Waals surface area contributed by atoms with Crippen molar-refractivity contribution in [3.8, 4) is 11.3 Å². The van der Waals surface area contributed by atoms with Gasteiger partial charge in [0.05, 0.1) is 11.1 Å². The third kappa shape index (κ3) is 4.84. The molecule has 5 nitrogen and oxygen atoms in total. The van der Waals surface area contributed by atoms with E-state index in [1.54, 1.807) is 0 Å². The van der Waals surface area contributed by atoms with Gasteiger partial charge in [-0.2, -0.15) is 0 Å². The number of nitrogens with two attached hydrogens (primary N) is 1. The highest BCUT2D eigenvalue weighted by Crippen LogP contribution is 2.38. The standard InChI is InChI=1S/C28H38N4O/c1-17(2)25-23-15-21(8-11-24(23)32-26(25)20-12-13-30-18(3)14-20)28(4,5)27(33)31-16-19-6-9-22(29)10-7-19/h8,11-15,17,19,22,32H,6-7,9-10,16,29H2,1-5H3,(H,31,33)/t19-,22-. The summed E-state index contributed by atoms with van der Waals surface area (Å²) < 4.78 is 0. The van der Waals surface area contributed by atoms with Crippen molar-refractivity contribution < 1.29 is 4.79 Å². The number of hydrogen-bond donors (Lipinski definition) is 3. The summed E-state index contributed by atoms with van der Waals surface area (Å²) >= 11 is 0. The Morgan fingerprint density at radius 1 is 1.18 bits per heavy atom. The van der Waals surface area contributed by atoms with Crippen molar-refractivity contribution in [1.29, 1.82) is 0 Å². The van der Waals surface area contributed by atoms with E-state index in [1.807, 2.05) is 27.0 Å². The lowest BCUT2D eigenvalue weighted by Crippen LogP contribution is -2.43. The molecule has 1 aliphatic rings. The fourth-order valence-electron chi connectivity index (χ4n) is 5.11. The lowest BCUT2D eigenvalue weighted by Gasteiger charge is -2.29. The van der Waals surface area contributed by atoms with Crippen molar-refractivity contribution in [2.75, 3.05) is 6.54 Å². The second-order valence-corrected chi connectivity index (χ2v) is 10.6. The van der Waals surface area contributed by atoms with Crippen LogP contribution in [0.25, 0.3) is 22.2 Å². The monoisotopic (exact) mass is 446 g/mol. The predicted molar refractivity (Wildman–Crippen MR) is 136 cm³/mol. The second kappa shape index (κ2) is 9.30. The number of carbonyl (C=O) groups is 1. The van der Waals surface area contributed by atoms with Gasteiger partial charge in [-0.1, -0.05) is 19.9 Å². The first-order valence-electron chi connectivity index (χ1n) is 12.3. The van der Waals surface area contributed by atoms with Crippen LogP contribution in [-0.4, -0.2) is 28.5 Å². The minimum absolute atomic E-state index is 0.0864. The van der Waals surface area contributed by atoms with Gasteiger partial charge in [-0.3, -0.25) is 9.78 Å². The number of aromatic nitrogens is 2. The molecule has 1 aliphatic carbocycles. The molecule has 3 aromatic rings. The first kappa shape index (κ1) is 23.5. The van der Waals surface area contributed by atoms with Gasteiger partial charge in [-0.25, -0.2) is 0 Å². The fourth-order valence-corrected chi connectivity index (χ4v) is 5.11. The Kier molecular flexibility index (Phi) is 6.62. The zero-order valence-corrected chi connectivity index (χ0v) is 20.7. The van der Waals surface area contributed by atoms with Gasteiger partial charge in [-0.05, 0) is 93.7 Å². The van der Waals surface area contributed by atoms with Crippen LogP contribution in [0.5, 0.6) is 0 Å². The van der Waals surface area contributed by atoms with Crippen molar-refractivity contribution in [1.82, 2.24) is 15.3 Å². The summed E-state index contributed by atoms with van der Waals surface area (Å²) in [5, 5.41) is 4.42. The van der Waals surface area contributed by atoms with Crippen LogP contribution in [0.2, 0.25) is 0 Å². The lowest BCUT2D eigenvalue weighted by atomic mass is 9.81. The summed E-state index contributed by atoms with van der Waals surface area (Å²) in [6.45, 7) is 11.2. The van der Waals surface area contributed by atoms with Crippen LogP contribution < -0.4 is 11.1 Å². The first-order valence-corrected chi connectivity index (χ1v) is 12.3. The molecule has 2 heterocycles. The number of H-pyrrole nitrogens is 1. The van der Waals surface area contributed by atoms with Crippen LogP contribution in [0.3, 0.4) is 0 Å². The zero-order valence-electron chi connectivity index (χ0n) is 20.7. The molecule has 1 amide bonds. The lowest BCUT2D eigenvalue weighted by molar-refractivity contribution is -0.125. The molecule has 4 N–H and O–H groups in total. The van der Waals surface area contributed by atoms with Gasteiger partial charge in [0, 0.05) is 40.9 Å². The molecule has 1 saturated carbocycles. The molecule has 1 fully saturated rings. The van der Waals surface area contributed by atoms with Crippen LogP contribution in [0, 0.1) is 12.8 Å². The Hall–Kier alpha value is -2.66. The van der Waals surface area contributed by atoms with Crippen LogP contribution in [0.15, 0.2) is 36.5 Å². The van der Waals surface area contributed by atoms with Gasteiger partial charge >= 0.3 is 0 Å². The number of carbonyl (C=O) groups excluding carboxylic acids is 1. The van der Waals surface area contributed by atoms with Gasteiger partial charge in [-0.15, -0.1) is 0 Å². The molecule has 0 unspecified atom stereocenters. The minimum Gasteiger partial charge on any atom is -0.355 e. The van der Waals surface area contributed by atoms with E-state index in [0.717, 1.165) is 60.3 Å². The largest absolute Gasteiger partial charge is 0.355 e. The molecule has 5 heteroatoms. The Labute approximate surface area is 197 Å². The van der Waals surface area contributed by atoms with Gasteiger partial charge in [0.15, 0.2) is 0 Å². The van der Waals surface area contributed by atoms with Crippen molar-refractivity contribution in [3.63, 3.8) is 0 Å². The highest BCUT2D eigenvalue weighted by molar-refractivity contribution is 5.94. The van der Waals surface area contributed by atoms with Gasteiger partial charge in [0.2, 0.25) is 5.91 Å². The van der Waals surface area contributed by atoms with Crippen molar-refractivity contribution in [2.45, 2.75) is 77.7 Å². The average molecular weight is 447 g/mol. The first-order chi connectivity index (χ1) is 15.7. The molecule has 33 heavy (non-hydrogen) atoms. The van der Waals surface area contributed by atoms with Crippen molar-refractivity contribution in [2.24, 2.45) is 11.7 Å².